The summed E-state index contributed by atoms with van der Waals surface area (Å²) in [6.07, 6.45) is 1.69. The van der Waals surface area contributed by atoms with Crippen LogP contribution in [-0.2, 0) is 21.9 Å². The van der Waals surface area contributed by atoms with E-state index in [-0.39, 0.29) is 16.3 Å². The monoisotopic (exact) mass is 450 g/mol. The van der Waals surface area contributed by atoms with Crippen LogP contribution in [0.3, 0.4) is 0 Å². The van der Waals surface area contributed by atoms with Gasteiger partial charge in [0.2, 0.25) is 0 Å². The zero-order chi connectivity index (χ0) is 21.7. The van der Waals surface area contributed by atoms with E-state index >= 15 is 0 Å². The molecule has 4 heteroatoms. The lowest BCUT2D eigenvalue weighted by Gasteiger charge is -2.25. The first-order valence-corrected chi connectivity index (χ1v) is 12.7. The van der Waals surface area contributed by atoms with E-state index in [0.717, 1.165) is 18.6 Å². The standard InChI is InChI=1S/C27H30O2S2/c1-2-25(27(28)30-21-23-14-8-4-9-15-23)26(31-24-16-10-5-11-17-24)18-19-29-20-22-12-6-3-7-13-22/h3-17,25-26H,2,18-21H2,1H3/t25-,26+/m0/s1. The Morgan fingerprint density at radius 1 is 0.839 bits per heavy atom. The van der Waals surface area contributed by atoms with Crippen molar-refractivity contribution in [1.82, 2.24) is 0 Å². The van der Waals surface area contributed by atoms with Gasteiger partial charge in [-0.05, 0) is 36.1 Å². The summed E-state index contributed by atoms with van der Waals surface area (Å²) in [6, 6.07) is 30.8. The van der Waals surface area contributed by atoms with Crippen LogP contribution in [0, 0.1) is 5.92 Å². The van der Waals surface area contributed by atoms with Gasteiger partial charge >= 0.3 is 0 Å². The Balaban J connectivity index is 1.60. The lowest BCUT2D eigenvalue weighted by Crippen LogP contribution is -2.25. The Labute approximate surface area is 194 Å². The summed E-state index contributed by atoms with van der Waals surface area (Å²) in [4.78, 5) is 14.3. The molecule has 0 saturated carbocycles. The van der Waals surface area contributed by atoms with Gasteiger partial charge in [-0.1, -0.05) is 97.5 Å². The third-order valence-electron chi connectivity index (χ3n) is 5.10. The van der Waals surface area contributed by atoms with Crippen molar-refractivity contribution in [3.05, 3.63) is 102 Å². The van der Waals surface area contributed by atoms with Crippen LogP contribution >= 0.6 is 23.5 Å². The van der Waals surface area contributed by atoms with Crippen molar-refractivity contribution < 1.29 is 9.53 Å². The fourth-order valence-electron chi connectivity index (χ4n) is 3.40. The quantitative estimate of drug-likeness (QED) is 0.215. The average molecular weight is 451 g/mol. The third kappa shape index (κ3) is 8.21. The lowest BCUT2D eigenvalue weighted by atomic mass is 10.0. The van der Waals surface area contributed by atoms with E-state index in [1.54, 1.807) is 11.8 Å². The molecule has 0 aliphatic heterocycles. The first-order valence-electron chi connectivity index (χ1n) is 10.8. The summed E-state index contributed by atoms with van der Waals surface area (Å²) in [5, 5.41) is 0.474. The van der Waals surface area contributed by atoms with Crippen LogP contribution in [0.25, 0.3) is 0 Å². The maximum Gasteiger partial charge on any atom is 0.193 e. The first-order chi connectivity index (χ1) is 15.3. The second-order valence-corrected chi connectivity index (χ2v) is 9.70. The van der Waals surface area contributed by atoms with E-state index in [1.807, 2.05) is 42.5 Å². The maximum atomic E-state index is 13.1. The number of rotatable bonds is 12. The predicted octanol–water partition coefficient (Wildman–Crippen LogP) is 7.24. The van der Waals surface area contributed by atoms with Crippen LogP contribution in [-0.4, -0.2) is 17.0 Å². The van der Waals surface area contributed by atoms with Gasteiger partial charge in [-0.25, -0.2) is 0 Å². The molecular formula is C27H30O2S2. The van der Waals surface area contributed by atoms with Crippen molar-refractivity contribution in [2.75, 3.05) is 6.61 Å². The Bertz CT molecular complexity index is 885. The highest BCUT2D eigenvalue weighted by Gasteiger charge is 2.28. The van der Waals surface area contributed by atoms with Gasteiger partial charge in [0.15, 0.2) is 5.12 Å². The number of carbonyl (C=O) groups is 1. The highest BCUT2D eigenvalue weighted by atomic mass is 32.2. The van der Waals surface area contributed by atoms with Crippen molar-refractivity contribution in [3.63, 3.8) is 0 Å². The Morgan fingerprint density at radius 2 is 1.42 bits per heavy atom. The minimum atomic E-state index is -0.000700. The van der Waals surface area contributed by atoms with Crippen molar-refractivity contribution in [2.45, 2.75) is 42.3 Å². The van der Waals surface area contributed by atoms with E-state index in [0.29, 0.717) is 13.2 Å². The van der Waals surface area contributed by atoms with Crippen molar-refractivity contribution in [3.8, 4) is 0 Å². The summed E-state index contributed by atoms with van der Waals surface area (Å²) < 4.78 is 5.96. The van der Waals surface area contributed by atoms with Crippen molar-refractivity contribution >= 4 is 28.6 Å². The fourth-order valence-corrected chi connectivity index (χ4v) is 5.89. The highest BCUT2D eigenvalue weighted by Crippen LogP contribution is 2.35. The molecule has 31 heavy (non-hydrogen) atoms. The van der Waals surface area contributed by atoms with Gasteiger partial charge in [-0.2, -0.15) is 0 Å². The largest absolute Gasteiger partial charge is 0.377 e. The lowest BCUT2D eigenvalue weighted by molar-refractivity contribution is -0.114. The summed E-state index contributed by atoms with van der Waals surface area (Å²) in [5.74, 6) is 0.725. The van der Waals surface area contributed by atoms with E-state index < -0.39 is 0 Å². The van der Waals surface area contributed by atoms with Gasteiger partial charge in [0.05, 0.1) is 6.61 Å². The van der Waals surface area contributed by atoms with E-state index in [9.17, 15) is 4.79 Å². The molecule has 0 aliphatic carbocycles. The maximum absolute atomic E-state index is 13.1. The van der Waals surface area contributed by atoms with Gasteiger partial charge < -0.3 is 4.74 Å². The molecule has 0 aliphatic rings. The molecule has 0 saturated heterocycles. The molecule has 3 rings (SSSR count). The molecule has 0 bridgehead atoms. The average Bonchev–Trinajstić information content (AvgIpc) is 2.83. The molecule has 0 aromatic heterocycles. The number of thioether (sulfide) groups is 2. The van der Waals surface area contributed by atoms with E-state index in [2.05, 4.69) is 55.5 Å². The fraction of sp³-hybridized carbons (Fsp3) is 0.296. The Kier molecular flexibility index (Phi) is 10.2. The van der Waals surface area contributed by atoms with Gasteiger partial charge in [0.25, 0.3) is 0 Å². The molecule has 0 radical (unpaired) electrons. The second-order valence-electron chi connectivity index (χ2n) is 7.40. The predicted molar refractivity (Wildman–Crippen MR) is 133 cm³/mol. The number of carbonyl (C=O) groups excluding carboxylic acids is 1. The molecule has 0 amide bonds. The summed E-state index contributed by atoms with van der Waals surface area (Å²) in [7, 11) is 0. The van der Waals surface area contributed by atoms with Crippen molar-refractivity contribution in [2.24, 2.45) is 5.92 Å². The number of hydrogen-bond donors (Lipinski definition) is 0. The highest BCUT2D eigenvalue weighted by molar-refractivity contribution is 8.13. The van der Waals surface area contributed by atoms with Crippen LogP contribution < -0.4 is 0 Å². The summed E-state index contributed by atoms with van der Waals surface area (Å²) in [5.41, 5.74) is 2.37. The number of benzene rings is 3. The van der Waals surface area contributed by atoms with Crippen LogP contribution in [0.2, 0.25) is 0 Å². The number of ether oxygens (including phenoxy) is 1. The number of hydrogen-bond acceptors (Lipinski definition) is 4. The smallest absolute Gasteiger partial charge is 0.193 e. The summed E-state index contributed by atoms with van der Waals surface area (Å²) >= 11 is 3.25. The molecule has 0 fully saturated rings. The molecule has 2 atom stereocenters. The normalized spacial score (nSPS) is 12.9. The zero-order valence-electron chi connectivity index (χ0n) is 18.0. The molecule has 2 nitrogen and oxygen atoms in total. The molecule has 0 N–H and O–H groups in total. The Morgan fingerprint density at radius 3 is 2.03 bits per heavy atom. The molecule has 0 heterocycles. The van der Waals surface area contributed by atoms with Gasteiger partial charge in [-0.3, -0.25) is 4.79 Å². The van der Waals surface area contributed by atoms with Crippen LogP contribution in [0.5, 0.6) is 0 Å². The van der Waals surface area contributed by atoms with Gasteiger partial charge in [0, 0.05) is 28.4 Å². The van der Waals surface area contributed by atoms with Crippen molar-refractivity contribution in [1.29, 1.82) is 0 Å². The first kappa shape index (κ1) is 23.6. The van der Waals surface area contributed by atoms with Crippen LogP contribution in [0.15, 0.2) is 95.9 Å². The molecule has 0 unspecified atom stereocenters. The van der Waals surface area contributed by atoms with Crippen LogP contribution in [0.4, 0.5) is 0 Å². The van der Waals surface area contributed by atoms with Crippen LogP contribution in [0.1, 0.15) is 30.9 Å². The Hall–Kier alpha value is -2.01. The topological polar surface area (TPSA) is 26.3 Å². The third-order valence-corrected chi connectivity index (χ3v) is 7.58. The zero-order valence-corrected chi connectivity index (χ0v) is 19.6. The van der Waals surface area contributed by atoms with E-state index in [4.69, 9.17) is 4.74 Å². The second kappa shape index (κ2) is 13.4. The minimum Gasteiger partial charge on any atom is -0.377 e. The summed E-state index contributed by atoms with van der Waals surface area (Å²) in [6.45, 7) is 3.37. The molecule has 3 aromatic rings. The van der Waals surface area contributed by atoms with Gasteiger partial charge in [-0.15, -0.1) is 11.8 Å². The van der Waals surface area contributed by atoms with Gasteiger partial charge in [0.1, 0.15) is 0 Å². The molecular weight excluding hydrogens is 420 g/mol. The minimum absolute atomic E-state index is 0.000700. The van der Waals surface area contributed by atoms with E-state index in [1.165, 1.54) is 27.8 Å². The molecule has 3 aromatic carbocycles. The molecule has 0 spiro atoms. The SMILES string of the molecule is CC[C@H](C(=O)SCc1ccccc1)[C@@H](CCOCc1ccccc1)Sc1ccccc1. The molecule has 162 valence electrons.